The van der Waals surface area contributed by atoms with E-state index in [0.717, 1.165) is 42.2 Å². The maximum absolute atomic E-state index is 5.36. The summed E-state index contributed by atoms with van der Waals surface area (Å²) in [7, 11) is 3.25. The standard InChI is InChI=1S/C15H18N4O2.ClH/c1-20-11-3-4-13(14(7-11)21-2)19-15-17-9-10-8-16-6-5-12(10)18-15;/h3-4,7,9,16H,5-6,8H2,1-2H3,(H,17,18,19);1H. The lowest BCUT2D eigenvalue weighted by atomic mass is 10.1. The van der Waals surface area contributed by atoms with Crippen molar-refractivity contribution in [2.75, 3.05) is 26.1 Å². The van der Waals surface area contributed by atoms with Crippen LogP contribution in [0.3, 0.4) is 0 Å². The maximum Gasteiger partial charge on any atom is 0.227 e. The molecule has 0 fully saturated rings. The van der Waals surface area contributed by atoms with Gasteiger partial charge in [-0.25, -0.2) is 9.97 Å². The molecule has 1 aliphatic heterocycles. The Morgan fingerprint density at radius 3 is 2.86 bits per heavy atom. The van der Waals surface area contributed by atoms with E-state index >= 15 is 0 Å². The number of fused-ring (bicyclic) bond motifs is 1. The van der Waals surface area contributed by atoms with Crippen LogP contribution in [0.2, 0.25) is 0 Å². The Hall–Kier alpha value is -2.05. The van der Waals surface area contributed by atoms with Crippen molar-refractivity contribution in [3.63, 3.8) is 0 Å². The first-order valence-electron chi connectivity index (χ1n) is 6.84. The van der Waals surface area contributed by atoms with Crippen molar-refractivity contribution in [3.8, 4) is 11.5 Å². The predicted octanol–water partition coefficient (Wildman–Crippen LogP) is 2.30. The molecule has 1 aromatic carbocycles. The van der Waals surface area contributed by atoms with E-state index in [1.165, 1.54) is 0 Å². The molecule has 6 nitrogen and oxygen atoms in total. The number of anilines is 2. The van der Waals surface area contributed by atoms with Gasteiger partial charge in [-0.3, -0.25) is 0 Å². The van der Waals surface area contributed by atoms with Crippen LogP contribution in [-0.4, -0.2) is 30.7 Å². The Morgan fingerprint density at radius 1 is 1.23 bits per heavy atom. The molecule has 0 saturated carbocycles. The van der Waals surface area contributed by atoms with Crippen LogP contribution in [0.25, 0.3) is 0 Å². The van der Waals surface area contributed by atoms with E-state index in [0.29, 0.717) is 11.7 Å². The lowest BCUT2D eigenvalue weighted by Gasteiger charge is -2.17. The van der Waals surface area contributed by atoms with Gasteiger partial charge < -0.3 is 20.1 Å². The molecule has 2 N–H and O–H groups in total. The number of methoxy groups -OCH3 is 2. The molecule has 0 spiro atoms. The van der Waals surface area contributed by atoms with Gasteiger partial charge in [0.1, 0.15) is 11.5 Å². The monoisotopic (exact) mass is 322 g/mol. The summed E-state index contributed by atoms with van der Waals surface area (Å²) >= 11 is 0. The SMILES string of the molecule is COc1ccc(Nc2ncc3c(n2)CCNC3)c(OC)c1.Cl. The largest absolute Gasteiger partial charge is 0.497 e. The second-order valence-corrected chi connectivity index (χ2v) is 4.78. The highest BCUT2D eigenvalue weighted by atomic mass is 35.5. The van der Waals surface area contributed by atoms with Crippen molar-refractivity contribution < 1.29 is 9.47 Å². The lowest BCUT2D eigenvalue weighted by Crippen LogP contribution is -2.25. The van der Waals surface area contributed by atoms with E-state index in [1.807, 2.05) is 24.4 Å². The zero-order valence-electron chi connectivity index (χ0n) is 12.5. The topological polar surface area (TPSA) is 68.3 Å². The molecule has 0 unspecified atom stereocenters. The maximum atomic E-state index is 5.36. The van der Waals surface area contributed by atoms with Gasteiger partial charge in [-0.2, -0.15) is 0 Å². The highest BCUT2D eigenvalue weighted by Crippen LogP contribution is 2.30. The molecule has 7 heteroatoms. The lowest BCUT2D eigenvalue weighted by molar-refractivity contribution is 0.395. The van der Waals surface area contributed by atoms with Crippen LogP contribution >= 0.6 is 12.4 Å². The molecule has 2 aromatic rings. The summed E-state index contributed by atoms with van der Waals surface area (Å²) in [6, 6.07) is 5.58. The molecule has 0 atom stereocenters. The Kier molecular flexibility index (Phi) is 5.41. The van der Waals surface area contributed by atoms with Crippen LogP contribution in [0.1, 0.15) is 11.3 Å². The summed E-state index contributed by atoms with van der Waals surface area (Å²) in [6.45, 7) is 1.79. The fourth-order valence-electron chi connectivity index (χ4n) is 2.32. The van der Waals surface area contributed by atoms with Gasteiger partial charge in [0.15, 0.2) is 0 Å². The minimum absolute atomic E-state index is 0. The summed E-state index contributed by atoms with van der Waals surface area (Å²) in [5, 5.41) is 6.51. The van der Waals surface area contributed by atoms with Crippen LogP contribution in [-0.2, 0) is 13.0 Å². The van der Waals surface area contributed by atoms with Gasteiger partial charge >= 0.3 is 0 Å². The fraction of sp³-hybridized carbons (Fsp3) is 0.333. The van der Waals surface area contributed by atoms with Gasteiger partial charge in [-0.15, -0.1) is 12.4 Å². The number of ether oxygens (including phenoxy) is 2. The number of hydrogen-bond acceptors (Lipinski definition) is 6. The van der Waals surface area contributed by atoms with Crippen molar-refractivity contribution in [1.82, 2.24) is 15.3 Å². The van der Waals surface area contributed by atoms with Crippen LogP contribution in [0.15, 0.2) is 24.4 Å². The van der Waals surface area contributed by atoms with Crippen LogP contribution in [0.5, 0.6) is 11.5 Å². The molecule has 1 aromatic heterocycles. The van der Waals surface area contributed by atoms with Crippen LogP contribution in [0.4, 0.5) is 11.6 Å². The van der Waals surface area contributed by atoms with Crippen molar-refractivity contribution in [1.29, 1.82) is 0 Å². The smallest absolute Gasteiger partial charge is 0.227 e. The van der Waals surface area contributed by atoms with Crippen LogP contribution < -0.4 is 20.1 Å². The molecule has 1 aliphatic rings. The van der Waals surface area contributed by atoms with Gasteiger partial charge in [-0.05, 0) is 12.1 Å². The zero-order chi connectivity index (χ0) is 14.7. The van der Waals surface area contributed by atoms with E-state index in [2.05, 4.69) is 20.6 Å². The van der Waals surface area contributed by atoms with Gasteiger partial charge in [0, 0.05) is 37.3 Å². The van der Waals surface area contributed by atoms with E-state index in [1.54, 1.807) is 14.2 Å². The third-order valence-electron chi connectivity index (χ3n) is 3.46. The van der Waals surface area contributed by atoms with Gasteiger partial charge in [0.25, 0.3) is 0 Å². The van der Waals surface area contributed by atoms with E-state index < -0.39 is 0 Å². The number of rotatable bonds is 4. The zero-order valence-corrected chi connectivity index (χ0v) is 13.4. The Bertz CT molecular complexity index is 651. The van der Waals surface area contributed by atoms with Gasteiger partial charge in [-0.1, -0.05) is 0 Å². The van der Waals surface area contributed by atoms with Crippen molar-refractivity contribution in [2.45, 2.75) is 13.0 Å². The molecule has 0 aliphatic carbocycles. The van der Waals surface area contributed by atoms with E-state index in [4.69, 9.17) is 9.47 Å². The van der Waals surface area contributed by atoms with Crippen molar-refractivity contribution >= 4 is 24.0 Å². The summed E-state index contributed by atoms with van der Waals surface area (Å²) in [6.07, 6.45) is 2.79. The highest BCUT2D eigenvalue weighted by molar-refractivity contribution is 5.85. The molecule has 0 bridgehead atoms. The second-order valence-electron chi connectivity index (χ2n) is 4.78. The van der Waals surface area contributed by atoms with E-state index in [9.17, 15) is 0 Å². The molecule has 0 saturated heterocycles. The molecule has 0 radical (unpaired) electrons. The normalized spacial score (nSPS) is 12.8. The third-order valence-corrected chi connectivity index (χ3v) is 3.46. The molecule has 118 valence electrons. The van der Waals surface area contributed by atoms with Crippen molar-refractivity contribution in [2.24, 2.45) is 0 Å². The van der Waals surface area contributed by atoms with Gasteiger partial charge in [0.05, 0.1) is 25.6 Å². The number of aromatic nitrogens is 2. The van der Waals surface area contributed by atoms with Crippen LogP contribution in [0, 0.1) is 0 Å². The molecule has 2 heterocycles. The quantitative estimate of drug-likeness (QED) is 0.900. The average molecular weight is 323 g/mol. The van der Waals surface area contributed by atoms with Gasteiger partial charge in [0.2, 0.25) is 5.95 Å². The number of halogens is 1. The number of nitrogens with one attached hydrogen (secondary N) is 2. The number of hydrogen-bond donors (Lipinski definition) is 2. The second kappa shape index (κ2) is 7.29. The number of nitrogens with zero attached hydrogens (tertiary/aromatic N) is 2. The molecular weight excluding hydrogens is 304 g/mol. The molecule has 3 rings (SSSR count). The summed E-state index contributed by atoms with van der Waals surface area (Å²) < 4.78 is 10.6. The minimum Gasteiger partial charge on any atom is -0.497 e. The molecular formula is C15H19ClN4O2. The van der Waals surface area contributed by atoms with Crippen molar-refractivity contribution in [3.05, 3.63) is 35.7 Å². The first-order valence-corrected chi connectivity index (χ1v) is 6.84. The Morgan fingerprint density at radius 2 is 2.09 bits per heavy atom. The molecule has 22 heavy (non-hydrogen) atoms. The Balaban J connectivity index is 0.00000176. The first-order chi connectivity index (χ1) is 10.3. The third kappa shape index (κ3) is 3.40. The minimum atomic E-state index is 0. The summed E-state index contributed by atoms with van der Waals surface area (Å²) in [5.74, 6) is 2.02. The summed E-state index contributed by atoms with van der Waals surface area (Å²) in [4.78, 5) is 8.93. The predicted molar refractivity (Wildman–Crippen MR) is 87.5 cm³/mol. The molecule has 0 amide bonds. The summed E-state index contributed by atoms with van der Waals surface area (Å²) in [5.41, 5.74) is 3.07. The Labute approximate surface area is 135 Å². The number of benzene rings is 1. The average Bonchev–Trinajstić information content (AvgIpc) is 2.55. The first kappa shape index (κ1) is 16.3. The van der Waals surface area contributed by atoms with E-state index in [-0.39, 0.29) is 12.4 Å². The fourth-order valence-corrected chi connectivity index (χ4v) is 2.32. The highest BCUT2D eigenvalue weighted by Gasteiger charge is 2.12.